The molecule has 1 aliphatic carbocycles. The van der Waals surface area contributed by atoms with Crippen LogP contribution in [0.2, 0.25) is 0 Å². The van der Waals surface area contributed by atoms with Crippen LogP contribution < -0.4 is 5.32 Å². The highest BCUT2D eigenvalue weighted by atomic mass is 16.2. The Balaban J connectivity index is 1.67. The summed E-state index contributed by atoms with van der Waals surface area (Å²) in [4.78, 5) is 12.3. The normalized spacial score (nSPS) is 16.2. The lowest BCUT2D eigenvalue weighted by Gasteiger charge is -2.14. The average molecular weight is 298 g/mol. The van der Waals surface area contributed by atoms with Gasteiger partial charge in [0.2, 0.25) is 0 Å². The smallest absolute Gasteiger partial charge is 0.273 e. The van der Waals surface area contributed by atoms with Gasteiger partial charge in [-0.25, -0.2) is 4.68 Å². The molecular weight excluding hydrogens is 276 g/mol. The maximum absolute atomic E-state index is 12.3. The van der Waals surface area contributed by atoms with Crippen LogP contribution in [0.4, 0.5) is 0 Å². The highest BCUT2D eigenvalue weighted by Crippen LogP contribution is 2.17. The zero-order valence-electron chi connectivity index (χ0n) is 13.0. The Morgan fingerprint density at radius 2 is 1.82 bits per heavy atom. The molecule has 0 bridgehead atoms. The second-order valence-electron chi connectivity index (χ2n) is 6.05. The van der Waals surface area contributed by atoms with Crippen molar-refractivity contribution in [3.63, 3.8) is 0 Å². The minimum Gasteiger partial charge on any atom is -0.348 e. The number of rotatable bonds is 3. The van der Waals surface area contributed by atoms with Crippen molar-refractivity contribution in [2.24, 2.45) is 0 Å². The standard InChI is InChI=1S/C17H22N4O/c1-13-8-10-15(11-9-13)21-12-16(19-20-21)17(22)18-14-6-4-2-3-5-7-14/h8-12,14H,2-7H2,1H3,(H,18,22). The highest BCUT2D eigenvalue weighted by Gasteiger charge is 2.18. The van der Waals surface area contributed by atoms with E-state index in [9.17, 15) is 4.79 Å². The number of carbonyl (C=O) groups is 1. The van der Waals surface area contributed by atoms with Crippen LogP contribution in [0, 0.1) is 6.92 Å². The van der Waals surface area contributed by atoms with Gasteiger partial charge in [-0.3, -0.25) is 4.79 Å². The van der Waals surface area contributed by atoms with Gasteiger partial charge in [-0.2, -0.15) is 0 Å². The van der Waals surface area contributed by atoms with E-state index in [0.29, 0.717) is 5.69 Å². The van der Waals surface area contributed by atoms with Crippen LogP contribution in [-0.2, 0) is 0 Å². The highest BCUT2D eigenvalue weighted by molar-refractivity contribution is 5.92. The number of aromatic nitrogens is 3. The number of carbonyl (C=O) groups excluding carboxylic acids is 1. The SMILES string of the molecule is Cc1ccc(-n2cc(C(=O)NC3CCCCCC3)nn2)cc1. The van der Waals surface area contributed by atoms with Crippen LogP contribution >= 0.6 is 0 Å². The van der Waals surface area contributed by atoms with Crippen molar-refractivity contribution in [1.82, 2.24) is 20.3 Å². The fraction of sp³-hybridized carbons (Fsp3) is 0.471. The lowest BCUT2D eigenvalue weighted by atomic mass is 10.1. The van der Waals surface area contributed by atoms with Crippen LogP contribution in [0.3, 0.4) is 0 Å². The van der Waals surface area contributed by atoms with E-state index in [1.807, 2.05) is 31.2 Å². The molecular formula is C17H22N4O. The van der Waals surface area contributed by atoms with Gasteiger partial charge in [0.15, 0.2) is 5.69 Å². The van der Waals surface area contributed by atoms with E-state index in [-0.39, 0.29) is 11.9 Å². The van der Waals surface area contributed by atoms with E-state index in [2.05, 4.69) is 15.6 Å². The molecule has 1 fully saturated rings. The first-order valence-corrected chi connectivity index (χ1v) is 8.02. The first-order chi connectivity index (χ1) is 10.7. The molecule has 1 amide bonds. The molecule has 0 unspecified atom stereocenters. The fourth-order valence-corrected chi connectivity index (χ4v) is 2.87. The van der Waals surface area contributed by atoms with Crippen molar-refractivity contribution in [2.75, 3.05) is 0 Å². The van der Waals surface area contributed by atoms with Gasteiger partial charge < -0.3 is 5.32 Å². The number of amides is 1. The predicted molar refractivity (Wildman–Crippen MR) is 85.1 cm³/mol. The van der Waals surface area contributed by atoms with Gasteiger partial charge >= 0.3 is 0 Å². The maximum atomic E-state index is 12.3. The van der Waals surface area contributed by atoms with Crippen molar-refractivity contribution in [2.45, 2.75) is 51.5 Å². The molecule has 1 aromatic carbocycles. The van der Waals surface area contributed by atoms with E-state index in [1.165, 1.54) is 31.2 Å². The van der Waals surface area contributed by atoms with Crippen molar-refractivity contribution >= 4 is 5.91 Å². The van der Waals surface area contributed by atoms with E-state index in [0.717, 1.165) is 18.5 Å². The van der Waals surface area contributed by atoms with Gasteiger partial charge in [-0.1, -0.05) is 48.6 Å². The molecule has 116 valence electrons. The maximum Gasteiger partial charge on any atom is 0.273 e. The largest absolute Gasteiger partial charge is 0.348 e. The van der Waals surface area contributed by atoms with E-state index in [1.54, 1.807) is 10.9 Å². The van der Waals surface area contributed by atoms with E-state index < -0.39 is 0 Å². The molecule has 0 saturated heterocycles. The van der Waals surface area contributed by atoms with Crippen molar-refractivity contribution in [3.8, 4) is 5.69 Å². The Labute approximate surface area is 130 Å². The summed E-state index contributed by atoms with van der Waals surface area (Å²) in [7, 11) is 0. The molecule has 0 atom stereocenters. The number of hydrogen-bond donors (Lipinski definition) is 1. The number of benzene rings is 1. The number of aryl methyl sites for hydroxylation is 1. The van der Waals surface area contributed by atoms with Crippen LogP contribution in [0.15, 0.2) is 30.5 Å². The second-order valence-corrected chi connectivity index (χ2v) is 6.05. The van der Waals surface area contributed by atoms with Gasteiger partial charge in [0.25, 0.3) is 5.91 Å². The van der Waals surface area contributed by atoms with Gasteiger partial charge in [0.05, 0.1) is 11.9 Å². The third-order valence-electron chi connectivity index (χ3n) is 4.21. The molecule has 1 aromatic heterocycles. The zero-order valence-corrected chi connectivity index (χ0v) is 13.0. The van der Waals surface area contributed by atoms with E-state index in [4.69, 9.17) is 0 Å². The fourth-order valence-electron chi connectivity index (χ4n) is 2.87. The van der Waals surface area contributed by atoms with E-state index >= 15 is 0 Å². The Kier molecular flexibility index (Phi) is 4.51. The second kappa shape index (κ2) is 6.73. The summed E-state index contributed by atoms with van der Waals surface area (Å²) < 4.78 is 1.64. The van der Waals surface area contributed by atoms with Crippen molar-refractivity contribution in [3.05, 3.63) is 41.7 Å². The third-order valence-corrected chi connectivity index (χ3v) is 4.21. The molecule has 0 aliphatic heterocycles. The van der Waals surface area contributed by atoms with Crippen LogP contribution in [0.1, 0.15) is 54.6 Å². The molecule has 5 nitrogen and oxygen atoms in total. The predicted octanol–water partition coefficient (Wildman–Crippen LogP) is 3.03. The summed E-state index contributed by atoms with van der Waals surface area (Å²) in [6.45, 7) is 2.04. The van der Waals surface area contributed by atoms with Gasteiger partial charge in [-0.15, -0.1) is 5.10 Å². The minimum absolute atomic E-state index is 0.120. The molecule has 3 rings (SSSR count). The van der Waals surface area contributed by atoms with Gasteiger partial charge in [0.1, 0.15) is 0 Å². The number of nitrogens with one attached hydrogen (secondary N) is 1. The van der Waals surface area contributed by atoms with Crippen molar-refractivity contribution < 1.29 is 4.79 Å². The third kappa shape index (κ3) is 3.53. The van der Waals surface area contributed by atoms with Crippen LogP contribution in [-0.4, -0.2) is 26.9 Å². The Morgan fingerprint density at radius 1 is 1.14 bits per heavy atom. The molecule has 0 spiro atoms. The summed E-state index contributed by atoms with van der Waals surface area (Å²) in [6, 6.07) is 8.25. The Hall–Kier alpha value is -2.17. The lowest BCUT2D eigenvalue weighted by molar-refractivity contribution is 0.0928. The molecule has 5 heteroatoms. The first-order valence-electron chi connectivity index (χ1n) is 8.02. The summed E-state index contributed by atoms with van der Waals surface area (Å²) in [5.74, 6) is -0.120. The quantitative estimate of drug-likeness (QED) is 0.886. The minimum atomic E-state index is -0.120. The summed E-state index contributed by atoms with van der Waals surface area (Å²) in [6.07, 6.45) is 8.76. The monoisotopic (exact) mass is 298 g/mol. The van der Waals surface area contributed by atoms with Crippen LogP contribution in [0.25, 0.3) is 5.69 Å². The molecule has 1 N–H and O–H groups in total. The molecule has 1 heterocycles. The molecule has 1 saturated carbocycles. The molecule has 0 radical (unpaired) electrons. The number of nitrogens with zero attached hydrogens (tertiary/aromatic N) is 3. The van der Waals surface area contributed by atoms with Gasteiger partial charge in [0, 0.05) is 6.04 Å². The summed E-state index contributed by atoms with van der Waals surface area (Å²) in [5.41, 5.74) is 2.48. The lowest BCUT2D eigenvalue weighted by Crippen LogP contribution is -2.34. The average Bonchev–Trinajstić information content (AvgIpc) is 2.88. The Bertz CT molecular complexity index is 624. The molecule has 1 aliphatic rings. The molecule has 2 aromatic rings. The topological polar surface area (TPSA) is 59.8 Å². The molecule has 22 heavy (non-hydrogen) atoms. The summed E-state index contributed by atoms with van der Waals surface area (Å²) in [5, 5.41) is 11.2. The number of hydrogen-bond acceptors (Lipinski definition) is 3. The Morgan fingerprint density at radius 3 is 2.50 bits per heavy atom. The van der Waals surface area contributed by atoms with Crippen molar-refractivity contribution in [1.29, 1.82) is 0 Å². The summed E-state index contributed by atoms with van der Waals surface area (Å²) >= 11 is 0. The van der Waals surface area contributed by atoms with Gasteiger partial charge in [-0.05, 0) is 31.9 Å². The zero-order chi connectivity index (χ0) is 15.4. The first kappa shape index (κ1) is 14.8. The van der Waals surface area contributed by atoms with Crippen LogP contribution in [0.5, 0.6) is 0 Å².